The molecular formula is C15H21N3O. The van der Waals surface area contributed by atoms with Gasteiger partial charge in [-0.1, -0.05) is 6.07 Å². The second kappa shape index (κ2) is 5.50. The molecule has 1 fully saturated rings. The van der Waals surface area contributed by atoms with Gasteiger partial charge in [0.2, 0.25) is 0 Å². The molecule has 1 aliphatic rings. The molecule has 1 N–H and O–H groups in total. The third-order valence-corrected chi connectivity index (χ3v) is 3.70. The summed E-state index contributed by atoms with van der Waals surface area (Å²) in [6, 6.07) is 10.7. The summed E-state index contributed by atoms with van der Waals surface area (Å²) in [5.74, 6) is 0.803. The first-order valence-electron chi connectivity index (χ1n) is 6.66. The average Bonchev–Trinajstić information content (AvgIpc) is 2.84. The zero-order valence-corrected chi connectivity index (χ0v) is 11.8. The molecule has 1 saturated heterocycles. The van der Waals surface area contributed by atoms with Crippen molar-refractivity contribution in [3.8, 4) is 11.8 Å². The summed E-state index contributed by atoms with van der Waals surface area (Å²) in [4.78, 5) is 2.33. The van der Waals surface area contributed by atoms with Gasteiger partial charge in [0.1, 0.15) is 11.3 Å². The molecule has 19 heavy (non-hydrogen) atoms. The fourth-order valence-corrected chi connectivity index (χ4v) is 2.48. The van der Waals surface area contributed by atoms with Crippen LogP contribution in [0.4, 0.5) is 5.69 Å². The molecule has 1 unspecified atom stereocenters. The van der Waals surface area contributed by atoms with E-state index in [4.69, 9.17) is 4.74 Å². The lowest BCUT2D eigenvalue weighted by atomic mass is 10.0. The maximum absolute atomic E-state index is 9.53. The summed E-state index contributed by atoms with van der Waals surface area (Å²) in [6.45, 7) is 6.05. The summed E-state index contributed by atoms with van der Waals surface area (Å²) in [7, 11) is 1.65. The van der Waals surface area contributed by atoms with E-state index in [1.807, 2.05) is 24.3 Å². The largest absolute Gasteiger partial charge is 0.497 e. The maximum Gasteiger partial charge on any atom is 0.139 e. The lowest BCUT2D eigenvalue weighted by Gasteiger charge is -2.26. The highest BCUT2D eigenvalue weighted by atomic mass is 16.5. The van der Waals surface area contributed by atoms with E-state index in [2.05, 4.69) is 30.1 Å². The number of ether oxygens (including phenoxy) is 1. The van der Waals surface area contributed by atoms with Crippen molar-refractivity contribution in [2.75, 3.05) is 25.5 Å². The van der Waals surface area contributed by atoms with Gasteiger partial charge in [-0.2, -0.15) is 5.26 Å². The molecule has 102 valence electrons. The number of likely N-dealkylation sites (tertiary alicyclic amines) is 1. The molecule has 1 aromatic carbocycles. The van der Waals surface area contributed by atoms with Crippen LogP contribution in [-0.2, 0) is 0 Å². The van der Waals surface area contributed by atoms with E-state index in [-0.39, 0.29) is 0 Å². The summed E-state index contributed by atoms with van der Waals surface area (Å²) in [5.41, 5.74) is 0.447. The zero-order valence-electron chi connectivity index (χ0n) is 11.8. The van der Waals surface area contributed by atoms with Crippen molar-refractivity contribution in [1.29, 1.82) is 5.26 Å². The van der Waals surface area contributed by atoms with Gasteiger partial charge in [-0.3, -0.25) is 4.90 Å². The normalized spacial score (nSPS) is 23.3. The van der Waals surface area contributed by atoms with Gasteiger partial charge >= 0.3 is 0 Å². The Morgan fingerprint density at radius 2 is 2.26 bits per heavy atom. The highest BCUT2D eigenvalue weighted by Gasteiger charge is 2.39. The Bertz CT molecular complexity index is 481. The van der Waals surface area contributed by atoms with Crippen LogP contribution in [0.25, 0.3) is 0 Å². The van der Waals surface area contributed by atoms with Gasteiger partial charge in [-0.05, 0) is 32.4 Å². The predicted molar refractivity (Wildman–Crippen MR) is 76.3 cm³/mol. The topological polar surface area (TPSA) is 48.3 Å². The summed E-state index contributed by atoms with van der Waals surface area (Å²) in [5, 5.41) is 12.9. The van der Waals surface area contributed by atoms with Gasteiger partial charge in [0.25, 0.3) is 0 Å². The molecule has 1 atom stereocenters. The highest BCUT2D eigenvalue weighted by molar-refractivity contribution is 5.52. The minimum atomic E-state index is -0.489. The highest BCUT2D eigenvalue weighted by Crippen LogP contribution is 2.28. The van der Waals surface area contributed by atoms with E-state index in [1.54, 1.807) is 7.11 Å². The molecule has 0 spiro atoms. The summed E-state index contributed by atoms with van der Waals surface area (Å²) >= 11 is 0. The maximum atomic E-state index is 9.53. The number of anilines is 1. The van der Waals surface area contributed by atoms with Gasteiger partial charge in [-0.25, -0.2) is 0 Å². The Hall–Kier alpha value is -1.73. The second-order valence-electron chi connectivity index (χ2n) is 5.37. The monoisotopic (exact) mass is 259 g/mol. The number of nitrogens with zero attached hydrogens (tertiary/aromatic N) is 2. The lowest BCUT2D eigenvalue weighted by molar-refractivity contribution is 0.268. The Labute approximate surface area is 115 Å². The first-order chi connectivity index (χ1) is 9.08. The SMILES string of the molecule is COc1cccc(NC2(C#N)CCN(C(C)C)C2)c1. The first kappa shape index (κ1) is 13.7. The van der Waals surface area contributed by atoms with Gasteiger partial charge in [0, 0.05) is 30.9 Å². The van der Waals surface area contributed by atoms with Crippen molar-refractivity contribution in [2.45, 2.75) is 31.8 Å². The number of rotatable bonds is 4. The third kappa shape index (κ3) is 2.99. The fraction of sp³-hybridized carbons (Fsp3) is 0.533. The van der Waals surface area contributed by atoms with Crippen molar-refractivity contribution >= 4 is 5.69 Å². The molecule has 1 heterocycles. The molecule has 1 aliphatic heterocycles. The van der Waals surface area contributed by atoms with E-state index >= 15 is 0 Å². The Kier molecular flexibility index (Phi) is 3.96. The van der Waals surface area contributed by atoms with Crippen molar-refractivity contribution in [3.63, 3.8) is 0 Å². The van der Waals surface area contributed by atoms with Crippen LogP contribution in [-0.4, -0.2) is 36.7 Å². The minimum absolute atomic E-state index is 0.474. The van der Waals surface area contributed by atoms with E-state index in [1.165, 1.54) is 0 Å². The molecule has 2 rings (SSSR count). The van der Waals surface area contributed by atoms with Crippen LogP contribution >= 0.6 is 0 Å². The quantitative estimate of drug-likeness (QED) is 0.902. The van der Waals surface area contributed by atoms with Crippen LogP contribution in [0.3, 0.4) is 0 Å². The number of hydrogen-bond donors (Lipinski definition) is 1. The van der Waals surface area contributed by atoms with Gasteiger partial charge in [0.05, 0.1) is 13.2 Å². The van der Waals surface area contributed by atoms with Crippen molar-refractivity contribution in [1.82, 2.24) is 4.90 Å². The standard InChI is InChI=1S/C15H21N3O/c1-12(2)18-8-7-15(10-16,11-18)17-13-5-4-6-14(9-13)19-3/h4-6,9,12,17H,7-8,11H2,1-3H3. The molecule has 1 aromatic rings. The smallest absolute Gasteiger partial charge is 0.139 e. The number of nitrogens with one attached hydrogen (secondary N) is 1. The van der Waals surface area contributed by atoms with E-state index in [0.717, 1.165) is 30.9 Å². The number of nitriles is 1. The van der Waals surface area contributed by atoms with Gasteiger partial charge < -0.3 is 10.1 Å². The molecule has 0 aromatic heterocycles. The molecule has 0 amide bonds. The van der Waals surface area contributed by atoms with Crippen LogP contribution in [0.5, 0.6) is 5.75 Å². The number of hydrogen-bond acceptors (Lipinski definition) is 4. The molecule has 0 radical (unpaired) electrons. The van der Waals surface area contributed by atoms with Gasteiger partial charge in [-0.15, -0.1) is 0 Å². The van der Waals surface area contributed by atoms with Crippen LogP contribution < -0.4 is 10.1 Å². The Morgan fingerprint density at radius 1 is 1.47 bits per heavy atom. The van der Waals surface area contributed by atoms with Crippen LogP contribution in [0.2, 0.25) is 0 Å². The number of benzene rings is 1. The first-order valence-corrected chi connectivity index (χ1v) is 6.66. The van der Waals surface area contributed by atoms with Crippen LogP contribution in [0.15, 0.2) is 24.3 Å². The zero-order chi connectivity index (χ0) is 13.9. The van der Waals surface area contributed by atoms with Crippen molar-refractivity contribution < 1.29 is 4.74 Å². The minimum Gasteiger partial charge on any atom is -0.497 e. The summed E-state index contributed by atoms with van der Waals surface area (Å²) < 4.78 is 5.21. The molecular weight excluding hydrogens is 238 g/mol. The van der Waals surface area contributed by atoms with E-state index in [0.29, 0.717) is 6.04 Å². The second-order valence-corrected chi connectivity index (χ2v) is 5.37. The Balaban J connectivity index is 2.14. The van der Waals surface area contributed by atoms with Crippen LogP contribution in [0, 0.1) is 11.3 Å². The number of methoxy groups -OCH3 is 1. The third-order valence-electron chi connectivity index (χ3n) is 3.70. The average molecular weight is 259 g/mol. The lowest BCUT2D eigenvalue weighted by Crippen LogP contribution is -2.41. The molecule has 4 heteroatoms. The molecule has 4 nitrogen and oxygen atoms in total. The molecule has 0 bridgehead atoms. The fourth-order valence-electron chi connectivity index (χ4n) is 2.48. The summed E-state index contributed by atoms with van der Waals surface area (Å²) in [6.07, 6.45) is 0.846. The predicted octanol–water partition coefficient (Wildman–Crippen LogP) is 2.48. The molecule has 0 aliphatic carbocycles. The van der Waals surface area contributed by atoms with Crippen molar-refractivity contribution in [3.05, 3.63) is 24.3 Å². The molecule has 0 saturated carbocycles. The van der Waals surface area contributed by atoms with E-state index < -0.39 is 5.54 Å². The van der Waals surface area contributed by atoms with Gasteiger partial charge in [0.15, 0.2) is 0 Å². The van der Waals surface area contributed by atoms with E-state index in [9.17, 15) is 5.26 Å². The van der Waals surface area contributed by atoms with Crippen molar-refractivity contribution in [2.24, 2.45) is 0 Å². The Morgan fingerprint density at radius 3 is 2.84 bits per heavy atom. The van der Waals surface area contributed by atoms with Crippen LogP contribution in [0.1, 0.15) is 20.3 Å².